The monoisotopic (exact) mass is 268 g/mol. The molecule has 0 amide bonds. The first kappa shape index (κ1) is 10.6. The summed E-state index contributed by atoms with van der Waals surface area (Å²) in [6.45, 7) is 2.31. The summed E-state index contributed by atoms with van der Waals surface area (Å²) in [7, 11) is 0. The van der Waals surface area contributed by atoms with Gasteiger partial charge in [-0.2, -0.15) is 0 Å². The highest BCUT2D eigenvalue weighted by Gasteiger charge is 2.22. The normalized spacial score (nSPS) is 19.9. The zero-order valence-corrected chi connectivity index (χ0v) is 11.4. The van der Waals surface area contributed by atoms with Crippen LogP contribution in [-0.4, -0.2) is 4.98 Å². The lowest BCUT2D eigenvalue weighted by Crippen LogP contribution is -2.08. The second-order valence-electron chi connectivity index (χ2n) is 4.38. The number of anilines is 1. The van der Waals surface area contributed by atoms with E-state index in [1.807, 2.05) is 0 Å². The molecule has 5 heteroatoms. The molecule has 0 bridgehead atoms. The molecule has 0 fully saturated rings. The molecule has 2 aromatic rings. The number of nitrogens with zero attached hydrogens (tertiary/aromatic N) is 1. The van der Waals surface area contributed by atoms with Crippen LogP contribution in [0.5, 0.6) is 0 Å². The molecule has 3 rings (SSSR count). The summed E-state index contributed by atoms with van der Waals surface area (Å²) < 4.78 is 0.650. The first-order chi connectivity index (χ1) is 7.65. The minimum absolute atomic E-state index is 0.650. The molecule has 84 valence electrons. The summed E-state index contributed by atoms with van der Waals surface area (Å²) in [5, 5.41) is 2.03. The van der Waals surface area contributed by atoms with Crippen LogP contribution in [0.2, 0.25) is 0 Å². The van der Waals surface area contributed by atoms with Gasteiger partial charge in [-0.05, 0) is 43.0 Å². The largest absolute Gasteiger partial charge is 0.390 e. The van der Waals surface area contributed by atoms with E-state index in [1.165, 1.54) is 40.0 Å². The minimum Gasteiger partial charge on any atom is -0.390 e. The van der Waals surface area contributed by atoms with Crippen molar-refractivity contribution in [1.29, 1.82) is 0 Å². The van der Waals surface area contributed by atoms with Crippen LogP contribution in [0.1, 0.15) is 23.8 Å². The van der Waals surface area contributed by atoms with E-state index in [2.05, 4.69) is 11.9 Å². The Bertz CT molecular complexity index is 611. The SMILES string of the molecule is CC1CCc2c(sc3nc(=S)sc(N)c23)C1. The summed E-state index contributed by atoms with van der Waals surface area (Å²) in [5.74, 6) is 0.786. The maximum absolute atomic E-state index is 6.08. The zero-order chi connectivity index (χ0) is 11.3. The number of nitrogens with two attached hydrogens (primary N) is 1. The van der Waals surface area contributed by atoms with Crippen LogP contribution in [0.15, 0.2) is 0 Å². The third-order valence-electron chi connectivity index (χ3n) is 3.13. The van der Waals surface area contributed by atoms with Crippen molar-refractivity contribution in [2.24, 2.45) is 5.92 Å². The molecule has 1 atom stereocenters. The van der Waals surface area contributed by atoms with Gasteiger partial charge < -0.3 is 5.73 Å². The van der Waals surface area contributed by atoms with Crippen LogP contribution < -0.4 is 5.73 Å². The maximum atomic E-state index is 6.08. The number of rotatable bonds is 0. The Morgan fingerprint density at radius 3 is 3.06 bits per heavy atom. The second kappa shape index (κ2) is 3.75. The van der Waals surface area contributed by atoms with Crippen molar-refractivity contribution in [2.75, 3.05) is 5.73 Å². The van der Waals surface area contributed by atoms with Gasteiger partial charge in [0.25, 0.3) is 0 Å². The summed E-state index contributed by atoms with van der Waals surface area (Å²) in [5.41, 5.74) is 7.52. The van der Waals surface area contributed by atoms with Gasteiger partial charge in [0, 0.05) is 10.3 Å². The third-order valence-corrected chi connectivity index (χ3v) is 5.31. The molecule has 0 saturated heterocycles. The van der Waals surface area contributed by atoms with Crippen molar-refractivity contribution in [3.63, 3.8) is 0 Å². The lowest BCUT2D eigenvalue weighted by molar-refractivity contribution is 0.509. The number of hydrogen-bond donors (Lipinski definition) is 1. The van der Waals surface area contributed by atoms with E-state index in [0.717, 1.165) is 22.2 Å². The van der Waals surface area contributed by atoms with Crippen LogP contribution in [0.25, 0.3) is 10.2 Å². The molecule has 0 aromatic carbocycles. The lowest BCUT2D eigenvalue weighted by atomic mass is 9.89. The summed E-state index contributed by atoms with van der Waals surface area (Å²) in [4.78, 5) is 6.95. The summed E-state index contributed by atoms with van der Waals surface area (Å²) in [6.07, 6.45) is 3.58. The van der Waals surface area contributed by atoms with E-state index in [4.69, 9.17) is 18.0 Å². The first-order valence-corrected chi connectivity index (χ1v) is 7.40. The molecule has 1 aliphatic carbocycles. The Labute approximate surface area is 107 Å². The van der Waals surface area contributed by atoms with Crippen LogP contribution in [0.4, 0.5) is 5.00 Å². The van der Waals surface area contributed by atoms with Gasteiger partial charge in [0.1, 0.15) is 4.83 Å². The highest BCUT2D eigenvalue weighted by Crippen LogP contribution is 2.40. The first-order valence-electron chi connectivity index (χ1n) is 5.36. The van der Waals surface area contributed by atoms with Crippen molar-refractivity contribution in [3.8, 4) is 0 Å². The van der Waals surface area contributed by atoms with Crippen LogP contribution in [0, 0.1) is 9.87 Å². The summed E-state index contributed by atoms with van der Waals surface area (Å²) >= 11 is 8.33. The molecule has 2 nitrogen and oxygen atoms in total. The van der Waals surface area contributed by atoms with Crippen molar-refractivity contribution < 1.29 is 0 Å². The number of thiophene rings is 1. The topological polar surface area (TPSA) is 38.9 Å². The minimum atomic E-state index is 0.650. The average Bonchev–Trinajstić information content (AvgIpc) is 2.54. The van der Waals surface area contributed by atoms with Gasteiger partial charge in [-0.1, -0.05) is 18.3 Å². The Balaban J connectivity index is 2.33. The molecule has 0 spiro atoms. The van der Waals surface area contributed by atoms with E-state index in [1.54, 1.807) is 11.3 Å². The van der Waals surface area contributed by atoms with E-state index in [0.29, 0.717) is 3.95 Å². The van der Waals surface area contributed by atoms with E-state index in [-0.39, 0.29) is 0 Å². The fourth-order valence-electron chi connectivity index (χ4n) is 2.32. The molecule has 16 heavy (non-hydrogen) atoms. The maximum Gasteiger partial charge on any atom is 0.183 e. The quantitative estimate of drug-likeness (QED) is 0.739. The summed E-state index contributed by atoms with van der Waals surface area (Å²) in [6, 6.07) is 0. The number of nitrogen functional groups attached to an aromatic ring is 1. The van der Waals surface area contributed by atoms with Gasteiger partial charge in [0.05, 0.1) is 5.00 Å². The molecule has 1 aliphatic rings. The van der Waals surface area contributed by atoms with E-state index in [9.17, 15) is 0 Å². The Morgan fingerprint density at radius 2 is 2.25 bits per heavy atom. The predicted octanol–water partition coefficient (Wildman–Crippen LogP) is 3.79. The predicted molar refractivity (Wildman–Crippen MR) is 73.9 cm³/mol. The second-order valence-corrected chi connectivity index (χ2v) is 7.14. The highest BCUT2D eigenvalue weighted by molar-refractivity contribution is 7.73. The molecule has 1 unspecified atom stereocenters. The molecule has 0 radical (unpaired) electrons. The van der Waals surface area contributed by atoms with Crippen LogP contribution in [0.3, 0.4) is 0 Å². The Hall–Kier alpha value is -0.520. The molecule has 0 saturated carbocycles. The fraction of sp³-hybridized carbons (Fsp3) is 0.455. The molecular weight excluding hydrogens is 256 g/mol. The molecule has 2 N–H and O–H groups in total. The Kier molecular flexibility index (Phi) is 2.49. The number of hydrogen-bond acceptors (Lipinski definition) is 5. The van der Waals surface area contributed by atoms with Crippen molar-refractivity contribution in [3.05, 3.63) is 14.4 Å². The van der Waals surface area contributed by atoms with Gasteiger partial charge in [-0.25, -0.2) is 4.98 Å². The molecule has 2 aromatic heterocycles. The number of aromatic nitrogens is 1. The van der Waals surface area contributed by atoms with Crippen molar-refractivity contribution >= 4 is 50.1 Å². The highest BCUT2D eigenvalue weighted by atomic mass is 32.1. The molecule has 2 heterocycles. The van der Waals surface area contributed by atoms with E-state index >= 15 is 0 Å². The van der Waals surface area contributed by atoms with Crippen LogP contribution >= 0.6 is 34.9 Å². The van der Waals surface area contributed by atoms with Gasteiger partial charge in [-0.15, -0.1) is 11.3 Å². The molecule has 0 aliphatic heterocycles. The lowest BCUT2D eigenvalue weighted by Gasteiger charge is -2.17. The standard InChI is InChI=1S/C11H12N2S3/c1-5-2-3-6-7(4-5)15-10-8(6)9(12)16-11(14)13-10/h5H,2-4,12H2,1H3. The fourth-order valence-corrected chi connectivity index (χ4v) is 4.91. The van der Waals surface area contributed by atoms with Crippen LogP contribution in [-0.2, 0) is 12.8 Å². The zero-order valence-electron chi connectivity index (χ0n) is 8.95. The van der Waals surface area contributed by atoms with Crippen molar-refractivity contribution in [1.82, 2.24) is 4.98 Å². The van der Waals surface area contributed by atoms with Gasteiger partial charge >= 0.3 is 0 Å². The van der Waals surface area contributed by atoms with Crippen molar-refractivity contribution in [2.45, 2.75) is 26.2 Å². The average molecular weight is 268 g/mol. The van der Waals surface area contributed by atoms with E-state index < -0.39 is 0 Å². The smallest absolute Gasteiger partial charge is 0.183 e. The molecular formula is C11H12N2S3. The van der Waals surface area contributed by atoms with Gasteiger partial charge in [0.2, 0.25) is 0 Å². The van der Waals surface area contributed by atoms with Gasteiger partial charge in [-0.3, -0.25) is 0 Å². The number of fused-ring (bicyclic) bond motifs is 3. The Morgan fingerprint density at radius 1 is 1.44 bits per heavy atom. The van der Waals surface area contributed by atoms with Gasteiger partial charge in [0.15, 0.2) is 3.95 Å². The number of aryl methyl sites for hydroxylation is 1. The third kappa shape index (κ3) is 1.58.